The normalized spacial score (nSPS) is 16.1. The second kappa shape index (κ2) is 13.2. The van der Waals surface area contributed by atoms with E-state index < -0.39 is 16.3 Å². The van der Waals surface area contributed by atoms with Gasteiger partial charge in [0.2, 0.25) is 0 Å². The molecule has 0 saturated carbocycles. The third-order valence-electron chi connectivity index (χ3n) is 5.28. The Kier molecular flexibility index (Phi) is 11.8. The van der Waals surface area contributed by atoms with Crippen molar-refractivity contribution in [2.45, 2.75) is 32.3 Å². The van der Waals surface area contributed by atoms with Crippen LogP contribution in [0, 0.1) is 5.92 Å². The van der Waals surface area contributed by atoms with Crippen molar-refractivity contribution in [3.63, 3.8) is 0 Å². The second-order valence-electron chi connectivity index (χ2n) is 7.64. The van der Waals surface area contributed by atoms with Crippen LogP contribution in [0.2, 0.25) is 0 Å². The van der Waals surface area contributed by atoms with Crippen LogP contribution in [0.3, 0.4) is 0 Å². The maximum absolute atomic E-state index is 12.5. The first kappa shape index (κ1) is 27.6. The highest BCUT2D eigenvalue weighted by Crippen LogP contribution is 2.20. The molecule has 0 amide bonds. The van der Waals surface area contributed by atoms with Crippen molar-refractivity contribution in [2.75, 3.05) is 30.9 Å². The van der Waals surface area contributed by atoms with Gasteiger partial charge in [-0.15, -0.1) is 24.8 Å². The number of piperidine rings is 1. The fourth-order valence-electron chi connectivity index (χ4n) is 3.34. The quantitative estimate of drug-likeness (QED) is 0.469. The first-order valence-corrected chi connectivity index (χ1v) is 11.5. The molecule has 3 N–H and O–H groups in total. The summed E-state index contributed by atoms with van der Waals surface area (Å²) in [5, 5.41) is 13.3. The highest BCUT2D eigenvalue weighted by atomic mass is 35.5. The van der Waals surface area contributed by atoms with Crippen molar-refractivity contribution < 1.29 is 13.5 Å². The number of nitrogens with zero attached hydrogens (tertiary/aromatic N) is 2. The summed E-state index contributed by atoms with van der Waals surface area (Å²) in [5.74, 6) is 0.583. The van der Waals surface area contributed by atoms with Crippen molar-refractivity contribution in [1.82, 2.24) is 14.6 Å². The lowest BCUT2D eigenvalue weighted by atomic mass is 10.0. The van der Waals surface area contributed by atoms with E-state index in [1.54, 1.807) is 30.6 Å². The van der Waals surface area contributed by atoms with Gasteiger partial charge in [0.15, 0.2) is 0 Å². The Hall–Kier alpha value is -1.42. The van der Waals surface area contributed by atoms with Gasteiger partial charge in [0, 0.05) is 43.3 Å². The second-order valence-corrected chi connectivity index (χ2v) is 9.31. The predicted molar refractivity (Wildman–Crippen MR) is 129 cm³/mol. The number of anilines is 1. The Morgan fingerprint density at radius 2 is 1.84 bits per heavy atom. The minimum absolute atomic E-state index is 0. The third kappa shape index (κ3) is 8.56. The van der Waals surface area contributed by atoms with Gasteiger partial charge in [-0.05, 0) is 55.5 Å². The number of nitrogens with one attached hydrogen (secondary N) is 2. The first-order valence-electron chi connectivity index (χ1n) is 10.1. The van der Waals surface area contributed by atoms with Crippen LogP contribution in [0.1, 0.15) is 37.0 Å². The number of pyridine rings is 1. The number of aliphatic hydroxyl groups excluding tert-OH is 1. The molecule has 31 heavy (non-hydrogen) atoms. The number of aliphatic hydroxyl groups is 1. The molecule has 0 bridgehead atoms. The number of rotatable bonds is 9. The van der Waals surface area contributed by atoms with Crippen molar-refractivity contribution >= 4 is 40.7 Å². The molecule has 1 aliphatic rings. The summed E-state index contributed by atoms with van der Waals surface area (Å²) in [4.78, 5) is 4.01. The topological polar surface area (TPSA) is 94.6 Å². The van der Waals surface area contributed by atoms with E-state index in [9.17, 15) is 13.5 Å². The molecule has 1 aliphatic heterocycles. The van der Waals surface area contributed by atoms with Crippen LogP contribution in [0.4, 0.5) is 5.69 Å². The van der Waals surface area contributed by atoms with E-state index in [2.05, 4.69) is 21.9 Å². The van der Waals surface area contributed by atoms with Crippen molar-refractivity contribution in [3.05, 3.63) is 59.9 Å². The number of benzene rings is 1. The fourth-order valence-corrected chi connectivity index (χ4v) is 4.60. The Morgan fingerprint density at radius 3 is 2.45 bits per heavy atom. The lowest BCUT2D eigenvalue weighted by molar-refractivity contribution is 0.174. The average Bonchev–Trinajstić information content (AvgIpc) is 2.73. The molecular weight excluding hydrogens is 459 g/mol. The summed E-state index contributed by atoms with van der Waals surface area (Å²) >= 11 is 0. The molecule has 0 radical (unpaired) electrons. The van der Waals surface area contributed by atoms with E-state index in [-0.39, 0.29) is 24.8 Å². The molecule has 2 heterocycles. The molecule has 2 aromatic rings. The molecule has 0 aliphatic carbocycles. The van der Waals surface area contributed by atoms with E-state index in [1.807, 2.05) is 18.2 Å². The zero-order chi connectivity index (χ0) is 20.7. The Morgan fingerprint density at radius 1 is 1.16 bits per heavy atom. The van der Waals surface area contributed by atoms with Crippen molar-refractivity contribution in [1.29, 1.82) is 0 Å². The van der Waals surface area contributed by atoms with Crippen LogP contribution in [-0.2, 0) is 16.6 Å². The molecule has 10 heteroatoms. The zero-order valence-corrected chi connectivity index (χ0v) is 20.1. The largest absolute Gasteiger partial charge is 0.387 e. The molecular formula is C21H32Cl2N4O3S. The first-order chi connectivity index (χ1) is 13.9. The molecule has 3 rings (SSSR count). The van der Waals surface area contributed by atoms with Crippen LogP contribution in [-0.4, -0.2) is 49.0 Å². The van der Waals surface area contributed by atoms with Gasteiger partial charge in [0.1, 0.15) is 0 Å². The molecule has 7 nitrogen and oxygen atoms in total. The lowest BCUT2D eigenvalue weighted by Crippen LogP contribution is -2.41. The monoisotopic (exact) mass is 490 g/mol. The van der Waals surface area contributed by atoms with Gasteiger partial charge < -0.3 is 10.4 Å². The summed E-state index contributed by atoms with van der Waals surface area (Å²) in [6, 6.07) is 11.1. The smallest absolute Gasteiger partial charge is 0.301 e. The zero-order valence-electron chi connectivity index (χ0n) is 17.6. The van der Waals surface area contributed by atoms with E-state index in [4.69, 9.17) is 0 Å². The molecule has 1 saturated heterocycles. The number of halogens is 2. The summed E-state index contributed by atoms with van der Waals surface area (Å²) < 4.78 is 29.2. The van der Waals surface area contributed by atoms with E-state index in [0.29, 0.717) is 37.8 Å². The van der Waals surface area contributed by atoms with Gasteiger partial charge in [-0.1, -0.05) is 25.1 Å². The summed E-state index contributed by atoms with van der Waals surface area (Å²) in [7, 11) is -3.49. The van der Waals surface area contributed by atoms with Gasteiger partial charge in [-0.3, -0.25) is 9.71 Å². The van der Waals surface area contributed by atoms with Gasteiger partial charge in [0.25, 0.3) is 0 Å². The maximum Gasteiger partial charge on any atom is 0.301 e. The standard InChI is InChI=1S/C21H30N4O3S.2ClH/c1-17-9-13-25(14-10-17)29(27,28)24-20-6-4-18(5-7-20)8-12-23-16-21(26)19-3-2-11-22-15-19;;/h2-7,11,15,17,21,23-24,26H,8-10,12-14,16H2,1H3;2*1H/t21-;;/m0../s1. The molecule has 1 fully saturated rings. The lowest BCUT2D eigenvalue weighted by Gasteiger charge is -2.29. The molecule has 1 aromatic heterocycles. The molecule has 174 valence electrons. The van der Waals surface area contributed by atoms with Gasteiger partial charge in [-0.2, -0.15) is 12.7 Å². The molecule has 0 unspecified atom stereocenters. The van der Waals surface area contributed by atoms with Crippen LogP contribution in [0.25, 0.3) is 0 Å². The van der Waals surface area contributed by atoms with Crippen LogP contribution >= 0.6 is 24.8 Å². The van der Waals surface area contributed by atoms with Crippen LogP contribution < -0.4 is 10.0 Å². The minimum Gasteiger partial charge on any atom is -0.387 e. The van der Waals surface area contributed by atoms with Crippen LogP contribution in [0.15, 0.2) is 48.8 Å². The molecule has 1 aromatic carbocycles. The number of hydrogen-bond acceptors (Lipinski definition) is 5. The summed E-state index contributed by atoms with van der Waals surface area (Å²) in [6.07, 6.45) is 5.36. The molecule has 1 atom stereocenters. The van der Waals surface area contributed by atoms with E-state index >= 15 is 0 Å². The van der Waals surface area contributed by atoms with Gasteiger partial charge >= 0.3 is 10.2 Å². The average molecular weight is 491 g/mol. The van der Waals surface area contributed by atoms with Gasteiger partial charge in [-0.25, -0.2) is 0 Å². The Labute approximate surface area is 197 Å². The Bertz CT molecular complexity index is 862. The molecule has 0 spiro atoms. The maximum atomic E-state index is 12.5. The fraction of sp³-hybridized carbons (Fsp3) is 0.476. The predicted octanol–water partition coefficient (Wildman–Crippen LogP) is 3.18. The summed E-state index contributed by atoms with van der Waals surface area (Å²) in [5.41, 5.74) is 2.47. The highest BCUT2D eigenvalue weighted by molar-refractivity contribution is 7.90. The SMILES string of the molecule is CC1CCN(S(=O)(=O)Nc2ccc(CCNC[C@H](O)c3cccnc3)cc2)CC1.Cl.Cl. The van der Waals surface area contributed by atoms with Crippen LogP contribution in [0.5, 0.6) is 0 Å². The van der Waals surface area contributed by atoms with Crippen molar-refractivity contribution in [2.24, 2.45) is 5.92 Å². The third-order valence-corrected chi connectivity index (χ3v) is 6.82. The van der Waals surface area contributed by atoms with E-state index in [0.717, 1.165) is 30.4 Å². The number of aromatic nitrogens is 1. The van der Waals surface area contributed by atoms with Crippen molar-refractivity contribution in [3.8, 4) is 0 Å². The summed E-state index contributed by atoms with van der Waals surface area (Å²) in [6.45, 7) is 4.48. The van der Waals surface area contributed by atoms with Gasteiger partial charge in [0.05, 0.1) is 6.10 Å². The Balaban J connectivity index is 0.00000240. The minimum atomic E-state index is -3.49. The number of hydrogen-bond donors (Lipinski definition) is 3. The highest BCUT2D eigenvalue weighted by Gasteiger charge is 2.26. The van der Waals surface area contributed by atoms with E-state index in [1.165, 1.54) is 4.31 Å².